The van der Waals surface area contributed by atoms with Crippen LogP contribution >= 0.6 is 11.8 Å². The number of halogens is 2. The number of hydrogen-bond donors (Lipinski definition) is 2. The maximum Gasteiger partial charge on any atom is 0.387 e. The number of likely N-dealkylation sites (tertiary alicyclic amines) is 1. The van der Waals surface area contributed by atoms with Crippen LogP contribution in [0, 0.1) is 0 Å². The largest absolute Gasteiger partial charge is 0.434 e. The van der Waals surface area contributed by atoms with Crippen molar-refractivity contribution in [3.8, 4) is 17.0 Å². The second-order valence-electron chi connectivity index (χ2n) is 11.0. The Morgan fingerprint density at radius 3 is 2.83 bits per heavy atom. The molecule has 46 heavy (non-hydrogen) atoms. The summed E-state index contributed by atoms with van der Waals surface area (Å²) < 4.78 is 40.1. The van der Waals surface area contributed by atoms with Crippen LogP contribution in [0.2, 0.25) is 0 Å². The summed E-state index contributed by atoms with van der Waals surface area (Å²) in [4.78, 5) is 36.0. The molecule has 2 aliphatic heterocycles. The number of fused-ring (bicyclic) bond motifs is 1. The van der Waals surface area contributed by atoms with E-state index in [1.54, 1.807) is 35.5 Å². The van der Waals surface area contributed by atoms with Gasteiger partial charge in [0.1, 0.15) is 23.6 Å². The Balaban J connectivity index is 1.24. The fourth-order valence-corrected chi connectivity index (χ4v) is 6.33. The van der Waals surface area contributed by atoms with E-state index in [0.29, 0.717) is 37.9 Å². The van der Waals surface area contributed by atoms with Crippen molar-refractivity contribution in [3.63, 3.8) is 0 Å². The highest BCUT2D eigenvalue weighted by molar-refractivity contribution is 7.98. The lowest BCUT2D eigenvalue weighted by atomic mass is 10.0. The molecule has 6 rings (SSSR count). The summed E-state index contributed by atoms with van der Waals surface area (Å²) in [6, 6.07) is 6.72. The van der Waals surface area contributed by atoms with E-state index < -0.39 is 12.5 Å². The molecule has 0 spiro atoms. The minimum atomic E-state index is -3.08. The number of morpholine rings is 1. The molecule has 2 saturated heterocycles. The van der Waals surface area contributed by atoms with E-state index in [0.717, 1.165) is 24.3 Å². The molecule has 1 aromatic carbocycles. The van der Waals surface area contributed by atoms with E-state index >= 15 is 0 Å². The second kappa shape index (κ2) is 14.1. The molecule has 13 nitrogen and oxygen atoms in total. The molecule has 2 N–H and O–H groups in total. The predicted molar refractivity (Wildman–Crippen MR) is 165 cm³/mol. The first-order chi connectivity index (χ1) is 22.3. The van der Waals surface area contributed by atoms with Crippen LogP contribution in [0.5, 0.6) is 5.75 Å². The van der Waals surface area contributed by atoms with Gasteiger partial charge in [-0.05, 0) is 43.4 Å². The molecule has 2 aliphatic rings. The number of carbonyl (C=O) groups excluding carboxylic acids is 2. The number of benzene rings is 1. The molecule has 16 heteroatoms. The van der Waals surface area contributed by atoms with Gasteiger partial charge in [-0.2, -0.15) is 19.0 Å². The van der Waals surface area contributed by atoms with E-state index in [9.17, 15) is 23.5 Å². The van der Waals surface area contributed by atoms with Gasteiger partial charge in [0, 0.05) is 61.3 Å². The fraction of sp³-hybridized carbons (Fsp3) is 0.433. The Morgan fingerprint density at radius 2 is 2.07 bits per heavy atom. The summed E-state index contributed by atoms with van der Waals surface area (Å²) in [5, 5.41) is 21.1. The van der Waals surface area contributed by atoms with Gasteiger partial charge in [0.25, 0.3) is 5.91 Å². The van der Waals surface area contributed by atoms with Crippen molar-refractivity contribution >= 4 is 34.9 Å². The molecular formula is C30H34F2N8O5S. The highest BCUT2D eigenvalue weighted by Gasteiger charge is 2.31. The highest BCUT2D eigenvalue weighted by atomic mass is 32.2. The predicted octanol–water partition coefficient (Wildman–Crippen LogP) is 2.85. The first kappa shape index (κ1) is 31.8. The minimum absolute atomic E-state index is 0.0183. The maximum absolute atomic E-state index is 13.4. The average Bonchev–Trinajstić information content (AvgIpc) is 3.68. The number of anilines is 1. The van der Waals surface area contributed by atoms with Gasteiger partial charge in [0.05, 0.1) is 31.2 Å². The molecule has 244 valence electrons. The molecule has 5 heterocycles. The zero-order chi connectivity index (χ0) is 32.2. The number of aliphatic hydroxyl groups is 1. The molecular weight excluding hydrogens is 622 g/mol. The Kier molecular flexibility index (Phi) is 9.77. The number of rotatable bonds is 10. The first-order valence-corrected chi connectivity index (χ1v) is 16.1. The number of aromatic nitrogens is 5. The van der Waals surface area contributed by atoms with E-state index in [1.807, 2.05) is 6.26 Å². The summed E-state index contributed by atoms with van der Waals surface area (Å²) in [6.45, 7) is -0.0692. The molecule has 0 bridgehead atoms. The normalized spacial score (nSPS) is 17.9. The maximum atomic E-state index is 13.4. The fourth-order valence-electron chi connectivity index (χ4n) is 5.89. The summed E-state index contributed by atoms with van der Waals surface area (Å²) in [5.74, 6) is -0.813. The number of piperidine rings is 1. The van der Waals surface area contributed by atoms with Gasteiger partial charge in [-0.1, -0.05) is 0 Å². The van der Waals surface area contributed by atoms with E-state index in [2.05, 4.69) is 25.4 Å². The van der Waals surface area contributed by atoms with Gasteiger partial charge < -0.3 is 24.8 Å². The monoisotopic (exact) mass is 656 g/mol. The molecule has 0 saturated carbocycles. The van der Waals surface area contributed by atoms with Crippen LogP contribution in [-0.2, 0) is 16.1 Å². The summed E-state index contributed by atoms with van der Waals surface area (Å²) in [6.07, 6.45) is 9.33. The van der Waals surface area contributed by atoms with Crippen molar-refractivity contribution < 1.29 is 33.0 Å². The Labute approximate surface area is 267 Å². The van der Waals surface area contributed by atoms with Crippen LogP contribution in [-0.4, -0.2) is 116 Å². The SMILES string of the molecule is CSc1ccc(OC(F)F)c(-c2nn(CC(=O)N3CCC(N4CCO[C@@H](CO)C4)CC3)cc2NC(=O)c2cnn3cccnc23)c1. The minimum Gasteiger partial charge on any atom is -0.434 e. The lowest BCUT2D eigenvalue weighted by molar-refractivity contribution is -0.134. The number of aliphatic hydroxyl groups excluding tert-OH is 1. The van der Waals surface area contributed by atoms with Crippen molar-refractivity contribution in [1.29, 1.82) is 0 Å². The molecule has 0 aliphatic carbocycles. The lowest BCUT2D eigenvalue weighted by Crippen LogP contribution is -2.53. The first-order valence-electron chi connectivity index (χ1n) is 14.9. The summed E-state index contributed by atoms with van der Waals surface area (Å²) in [5.41, 5.74) is 1.14. The van der Waals surface area contributed by atoms with Gasteiger partial charge >= 0.3 is 6.61 Å². The van der Waals surface area contributed by atoms with Crippen LogP contribution in [0.25, 0.3) is 16.9 Å². The molecule has 2 amide bonds. The van der Waals surface area contributed by atoms with Gasteiger partial charge in [0.15, 0.2) is 5.65 Å². The van der Waals surface area contributed by atoms with Gasteiger partial charge in [-0.3, -0.25) is 19.2 Å². The third-order valence-electron chi connectivity index (χ3n) is 8.20. The summed E-state index contributed by atoms with van der Waals surface area (Å²) in [7, 11) is 0. The summed E-state index contributed by atoms with van der Waals surface area (Å²) >= 11 is 1.40. The van der Waals surface area contributed by atoms with Crippen molar-refractivity contribution in [3.05, 3.63) is 54.6 Å². The quantitative estimate of drug-likeness (QED) is 0.245. The number of alkyl halides is 2. The third kappa shape index (κ3) is 6.99. The van der Waals surface area contributed by atoms with E-state index in [4.69, 9.17) is 9.47 Å². The van der Waals surface area contributed by atoms with E-state index in [1.165, 1.54) is 39.4 Å². The molecule has 2 fully saturated rings. The molecule has 1 atom stereocenters. The second-order valence-corrected chi connectivity index (χ2v) is 11.9. The van der Waals surface area contributed by atoms with Crippen molar-refractivity contribution in [1.82, 2.24) is 34.2 Å². The zero-order valence-corrected chi connectivity index (χ0v) is 25.9. The molecule has 0 unspecified atom stereocenters. The number of carbonyl (C=O) groups is 2. The molecule has 3 aromatic heterocycles. The number of nitrogens with zero attached hydrogens (tertiary/aromatic N) is 7. The van der Waals surface area contributed by atoms with Crippen LogP contribution in [0.3, 0.4) is 0 Å². The third-order valence-corrected chi connectivity index (χ3v) is 8.92. The number of amides is 2. The van der Waals surface area contributed by atoms with Gasteiger partial charge in [-0.25, -0.2) is 9.50 Å². The molecule has 0 radical (unpaired) electrons. The highest BCUT2D eigenvalue weighted by Crippen LogP contribution is 2.38. The van der Waals surface area contributed by atoms with Crippen LogP contribution in [0.15, 0.2) is 53.9 Å². The standard InChI is InChI=1S/C30H34F2N8O5S/c1-46-21-3-4-25(45-30(31)32)22(13-21)27-24(35-29(43)23-14-34-40-8-2-7-33-28(23)40)16-39(36-27)17-26(42)37-9-5-19(6-10-37)38-11-12-44-20(15-38)18-41/h2-4,7-8,13-14,16,19-20,30,41H,5-6,9-12,15,17-18H2,1H3,(H,35,43)/t20-/m1/s1. The Hall–Kier alpha value is -4.12. The van der Waals surface area contributed by atoms with Crippen molar-refractivity contribution in [2.24, 2.45) is 0 Å². The molecule has 4 aromatic rings. The number of hydrogen-bond acceptors (Lipinski definition) is 10. The number of ether oxygens (including phenoxy) is 2. The Bertz CT molecular complexity index is 1690. The Morgan fingerprint density at radius 1 is 1.24 bits per heavy atom. The van der Waals surface area contributed by atoms with Gasteiger partial charge in [-0.15, -0.1) is 11.8 Å². The van der Waals surface area contributed by atoms with Gasteiger partial charge in [0.2, 0.25) is 5.91 Å². The number of nitrogens with one attached hydrogen (secondary N) is 1. The van der Waals surface area contributed by atoms with Crippen LogP contribution < -0.4 is 10.1 Å². The average molecular weight is 657 g/mol. The lowest BCUT2D eigenvalue weighted by Gasteiger charge is -2.42. The number of thioether (sulfide) groups is 1. The van der Waals surface area contributed by atoms with E-state index in [-0.39, 0.29) is 53.4 Å². The van der Waals surface area contributed by atoms with Crippen LogP contribution in [0.1, 0.15) is 23.2 Å². The zero-order valence-electron chi connectivity index (χ0n) is 25.1. The van der Waals surface area contributed by atoms with Crippen molar-refractivity contribution in [2.75, 3.05) is 51.0 Å². The van der Waals surface area contributed by atoms with Crippen LogP contribution in [0.4, 0.5) is 14.5 Å². The van der Waals surface area contributed by atoms with Crippen molar-refractivity contribution in [2.45, 2.75) is 43.0 Å². The topological polar surface area (TPSA) is 139 Å². The smallest absolute Gasteiger partial charge is 0.387 e.